The standard InChI is InChI=1S/C19H24N2O4/c1-3-4-8-18(23)21-11-9-16(10-12-21)20-19(24)15-6-5-7-17(13-15)25-14(2)22/h4-8,13,16H,3,9-12H2,1-2H3,(H,20,24)/b8-4+. The molecule has 6 nitrogen and oxygen atoms in total. The number of nitrogens with zero attached hydrogens (tertiary/aromatic N) is 1. The van der Waals surface area contributed by atoms with Crippen molar-refractivity contribution in [3.63, 3.8) is 0 Å². The van der Waals surface area contributed by atoms with Gasteiger partial charge in [0.05, 0.1) is 0 Å². The molecule has 1 fully saturated rings. The second-order valence-electron chi connectivity index (χ2n) is 6.01. The zero-order valence-corrected chi connectivity index (χ0v) is 14.7. The Labute approximate surface area is 147 Å². The van der Waals surface area contributed by atoms with Gasteiger partial charge < -0.3 is 15.0 Å². The first-order valence-electron chi connectivity index (χ1n) is 8.54. The zero-order valence-electron chi connectivity index (χ0n) is 14.7. The summed E-state index contributed by atoms with van der Waals surface area (Å²) in [5, 5.41) is 2.98. The zero-order chi connectivity index (χ0) is 18.2. The molecule has 0 spiro atoms. The Hall–Kier alpha value is -2.63. The fraction of sp³-hybridized carbons (Fsp3) is 0.421. The highest BCUT2D eigenvalue weighted by Crippen LogP contribution is 2.15. The molecule has 6 heteroatoms. The summed E-state index contributed by atoms with van der Waals surface area (Å²) in [4.78, 5) is 37.1. The van der Waals surface area contributed by atoms with Crippen molar-refractivity contribution in [3.8, 4) is 5.75 Å². The van der Waals surface area contributed by atoms with Gasteiger partial charge in [0.2, 0.25) is 5.91 Å². The monoisotopic (exact) mass is 344 g/mol. The van der Waals surface area contributed by atoms with E-state index in [1.165, 1.54) is 6.92 Å². The van der Waals surface area contributed by atoms with Crippen LogP contribution in [0, 0.1) is 0 Å². The molecule has 25 heavy (non-hydrogen) atoms. The third-order valence-corrected chi connectivity index (χ3v) is 4.00. The van der Waals surface area contributed by atoms with Crippen molar-refractivity contribution in [2.75, 3.05) is 13.1 Å². The van der Waals surface area contributed by atoms with Gasteiger partial charge in [-0.2, -0.15) is 0 Å². The lowest BCUT2D eigenvalue weighted by Crippen LogP contribution is -2.46. The molecule has 1 aromatic carbocycles. The van der Waals surface area contributed by atoms with Crippen LogP contribution in [-0.4, -0.2) is 41.8 Å². The molecule has 1 saturated heterocycles. The van der Waals surface area contributed by atoms with E-state index in [2.05, 4.69) is 5.32 Å². The number of likely N-dealkylation sites (tertiary alicyclic amines) is 1. The van der Waals surface area contributed by atoms with Crippen LogP contribution >= 0.6 is 0 Å². The number of amides is 2. The van der Waals surface area contributed by atoms with Crippen LogP contribution in [-0.2, 0) is 9.59 Å². The van der Waals surface area contributed by atoms with Crippen LogP contribution in [0.25, 0.3) is 0 Å². The number of ether oxygens (including phenoxy) is 1. The van der Waals surface area contributed by atoms with Gasteiger partial charge in [-0.15, -0.1) is 0 Å². The van der Waals surface area contributed by atoms with Gasteiger partial charge in [0, 0.05) is 31.6 Å². The molecule has 2 rings (SSSR count). The molecule has 0 saturated carbocycles. The average Bonchev–Trinajstić information content (AvgIpc) is 2.60. The summed E-state index contributed by atoms with van der Waals surface area (Å²) in [6.45, 7) is 4.57. The van der Waals surface area contributed by atoms with Crippen molar-refractivity contribution in [2.45, 2.75) is 39.2 Å². The fourth-order valence-corrected chi connectivity index (χ4v) is 2.70. The lowest BCUT2D eigenvalue weighted by Gasteiger charge is -2.31. The van der Waals surface area contributed by atoms with E-state index in [-0.39, 0.29) is 17.9 Å². The SMILES string of the molecule is CC/C=C/C(=O)N1CCC(NC(=O)c2cccc(OC(C)=O)c2)CC1. The molecule has 0 aliphatic carbocycles. The first-order chi connectivity index (χ1) is 12.0. The molecule has 0 unspecified atom stereocenters. The van der Waals surface area contributed by atoms with Crippen molar-refractivity contribution in [1.82, 2.24) is 10.2 Å². The van der Waals surface area contributed by atoms with E-state index in [4.69, 9.17) is 4.74 Å². The Morgan fingerprint density at radius 1 is 1.28 bits per heavy atom. The Morgan fingerprint density at radius 3 is 2.64 bits per heavy atom. The first-order valence-corrected chi connectivity index (χ1v) is 8.54. The largest absolute Gasteiger partial charge is 0.427 e. The number of hydrogen-bond acceptors (Lipinski definition) is 4. The van der Waals surface area contributed by atoms with Crippen molar-refractivity contribution in [3.05, 3.63) is 42.0 Å². The van der Waals surface area contributed by atoms with Gasteiger partial charge in [-0.25, -0.2) is 0 Å². The molecular formula is C19H24N2O4. The van der Waals surface area contributed by atoms with Crippen molar-refractivity contribution in [2.24, 2.45) is 0 Å². The van der Waals surface area contributed by atoms with Crippen molar-refractivity contribution in [1.29, 1.82) is 0 Å². The molecule has 134 valence electrons. The van der Waals surface area contributed by atoms with Gasteiger partial charge in [-0.3, -0.25) is 14.4 Å². The summed E-state index contributed by atoms with van der Waals surface area (Å²) in [7, 11) is 0. The second kappa shape index (κ2) is 9.01. The van der Waals surface area contributed by atoms with Crippen LogP contribution in [0.5, 0.6) is 5.75 Å². The highest BCUT2D eigenvalue weighted by atomic mass is 16.5. The van der Waals surface area contributed by atoms with Crippen LogP contribution in [0.4, 0.5) is 0 Å². The van der Waals surface area contributed by atoms with Crippen molar-refractivity contribution >= 4 is 17.8 Å². The van der Waals surface area contributed by atoms with Crippen LogP contribution in [0.15, 0.2) is 36.4 Å². The van der Waals surface area contributed by atoms with Crippen molar-refractivity contribution < 1.29 is 19.1 Å². The van der Waals surface area contributed by atoms with Crippen LogP contribution in [0.2, 0.25) is 0 Å². The Bertz CT molecular complexity index is 661. The lowest BCUT2D eigenvalue weighted by atomic mass is 10.0. The van der Waals surface area contributed by atoms with E-state index in [9.17, 15) is 14.4 Å². The Morgan fingerprint density at radius 2 is 2.00 bits per heavy atom. The summed E-state index contributed by atoms with van der Waals surface area (Å²) < 4.78 is 5.00. The van der Waals surface area contributed by atoms with Gasteiger partial charge in [0.1, 0.15) is 5.75 Å². The molecule has 0 atom stereocenters. The van der Waals surface area contributed by atoms with E-state index >= 15 is 0 Å². The molecule has 1 heterocycles. The maximum atomic E-state index is 12.4. The molecule has 1 aliphatic heterocycles. The maximum absolute atomic E-state index is 12.4. The van der Waals surface area contributed by atoms with Gasteiger partial charge in [-0.1, -0.05) is 19.1 Å². The number of hydrogen-bond donors (Lipinski definition) is 1. The predicted molar refractivity (Wildman–Crippen MR) is 94.3 cm³/mol. The summed E-state index contributed by atoms with van der Waals surface area (Å²) in [5.74, 6) is -0.250. The number of carbonyl (C=O) groups excluding carboxylic acids is 3. The average molecular weight is 344 g/mol. The molecule has 1 aromatic rings. The van der Waals surface area contributed by atoms with Crippen LogP contribution in [0.1, 0.15) is 43.5 Å². The Balaban J connectivity index is 1.87. The third kappa shape index (κ3) is 5.74. The number of rotatable bonds is 5. The van der Waals surface area contributed by atoms with Gasteiger partial charge in [-0.05, 0) is 43.5 Å². The number of piperidine rings is 1. The number of nitrogens with one attached hydrogen (secondary N) is 1. The topological polar surface area (TPSA) is 75.7 Å². The number of carbonyl (C=O) groups is 3. The Kier molecular flexibility index (Phi) is 6.74. The quantitative estimate of drug-likeness (QED) is 0.505. The molecule has 1 aliphatic rings. The van der Waals surface area contributed by atoms with Gasteiger partial charge >= 0.3 is 5.97 Å². The van der Waals surface area contributed by atoms with E-state index in [0.29, 0.717) is 24.4 Å². The molecule has 1 N–H and O–H groups in total. The predicted octanol–water partition coefficient (Wildman–Crippen LogP) is 2.30. The smallest absolute Gasteiger partial charge is 0.308 e. The molecule has 0 bridgehead atoms. The summed E-state index contributed by atoms with van der Waals surface area (Å²) >= 11 is 0. The minimum absolute atomic E-state index is 0.0284. The minimum Gasteiger partial charge on any atom is -0.427 e. The number of esters is 1. The van der Waals surface area contributed by atoms with Crippen LogP contribution in [0.3, 0.4) is 0 Å². The lowest BCUT2D eigenvalue weighted by molar-refractivity contribution is -0.132. The number of allylic oxidation sites excluding steroid dienone is 1. The first kappa shape index (κ1) is 18.7. The molecule has 0 aromatic heterocycles. The van der Waals surface area contributed by atoms with Crippen LogP contribution < -0.4 is 10.1 Å². The summed E-state index contributed by atoms with van der Waals surface area (Å²) in [5.41, 5.74) is 0.447. The molecule has 0 radical (unpaired) electrons. The second-order valence-corrected chi connectivity index (χ2v) is 6.01. The number of benzene rings is 1. The fourth-order valence-electron chi connectivity index (χ4n) is 2.70. The van der Waals surface area contributed by atoms with Gasteiger partial charge in [0.25, 0.3) is 5.91 Å². The summed E-state index contributed by atoms with van der Waals surface area (Å²) in [6.07, 6.45) is 5.75. The highest BCUT2D eigenvalue weighted by Gasteiger charge is 2.23. The van der Waals surface area contributed by atoms with Gasteiger partial charge in [0.15, 0.2) is 0 Å². The summed E-state index contributed by atoms with van der Waals surface area (Å²) in [6, 6.07) is 6.56. The maximum Gasteiger partial charge on any atom is 0.308 e. The highest BCUT2D eigenvalue weighted by molar-refractivity contribution is 5.95. The van der Waals surface area contributed by atoms with E-state index < -0.39 is 5.97 Å². The van der Waals surface area contributed by atoms with E-state index in [1.807, 2.05) is 13.0 Å². The minimum atomic E-state index is -0.424. The van der Waals surface area contributed by atoms with E-state index in [1.54, 1.807) is 35.2 Å². The van der Waals surface area contributed by atoms with E-state index in [0.717, 1.165) is 19.3 Å². The molecular weight excluding hydrogens is 320 g/mol. The third-order valence-electron chi connectivity index (χ3n) is 4.00. The normalized spacial score (nSPS) is 15.2. The molecule has 2 amide bonds.